The summed E-state index contributed by atoms with van der Waals surface area (Å²) < 4.78 is 54.1. The Morgan fingerprint density at radius 3 is 2.74 bits per heavy atom. The van der Waals surface area contributed by atoms with Crippen LogP contribution in [0.4, 0.5) is 23.5 Å². The molecule has 4 rings (SSSR count). The lowest BCUT2D eigenvalue weighted by Crippen LogP contribution is -2.11. The van der Waals surface area contributed by atoms with Crippen LogP contribution in [0, 0.1) is 5.82 Å². The molecule has 0 amide bonds. The number of nitrogens with zero attached hydrogens (tertiary/aromatic N) is 5. The number of aromatic amines is 1. The lowest BCUT2D eigenvalue weighted by Gasteiger charge is -2.08. The molecule has 140 valence electrons. The summed E-state index contributed by atoms with van der Waals surface area (Å²) in [5, 5.41) is 6.77. The molecule has 2 N–H and O–H groups in total. The Hall–Kier alpha value is -2.89. The molecule has 3 aromatic heterocycles. The van der Waals surface area contributed by atoms with Gasteiger partial charge in [0.2, 0.25) is 5.95 Å². The quantitative estimate of drug-likeness (QED) is 0.405. The fourth-order valence-corrected chi connectivity index (χ4v) is 2.91. The van der Waals surface area contributed by atoms with E-state index in [1.165, 1.54) is 6.07 Å². The van der Waals surface area contributed by atoms with Crippen molar-refractivity contribution >= 4 is 34.4 Å². The van der Waals surface area contributed by atoms with E-state index in [1.54, 1.807) is 18.4 Å². The number of fused-ring (bicyclic) bond motifs is 2. The van der Waals surface area contributed by atoms with E-state index in [4.69, 9.17) is 0 Å². The number of hydrogen-bond donors (Lipinski definition) is 2. The second-order valence-electron chi connectivity index (χ2n) is 5.50. The van der Waals surface area contributed by atoms with Crippen molar-refractivity contribution in [1.82, 2.24) is 29.5 Å². The third-order valence-electron chi connectivity index (χ3n) is 3.76. The molecule has 1 aromatic carbocycles. The molecule has 0 aliphatic heterocycles. The Morgan fingerprint density at radius 2 is 2.04 bits per heavy atom. The van der Waals surface area contributed by atoms with Gasteiger partial charge in [-0.15, -0.1) is 0 Å². The van der Waals surface area contributed by atoms with Crippen molar-refractivity contribution in [2.75, 3.05) is 11.6 Å². The predicted octanol–water partition coefficient (Wildman–Crippen LogP) is 3.49. The van der Waals surface area contributed by atoms with Crippen molar-refractivity contribution in [2.24, 2.45) is 0 Å². The van der Waals surface area contributed by atoms with Gasteiger partial charge in [-0.05, 0) is 18.4 Å². The molecule has 7 nitrogen and oxygen atoms in total. The van der Waals surface area contributed by atoms with Crippen LogP contribution in [0.15, 0.2) is 29.6 Å². The minimum absolute atomic E-state index is 0.0702. The molecule has 0 aliphatic carbocycles. The average Bonchev–Trinajstić information content (AvgIpc) is 3.23. The lowest BCUT2D eigenvalue weighted by atomic mass is 10.3. The summed E-state index contributed by atoms with van der Waals surface area (Å²) in [5.74, 6) is 0.00235. The second kappa shape index (κ2) is 6.37. The summed E-state index contributed by atoms with van der Waals surface area (Å²) in [6.07, 6.45) is -2.23. The van der Waals surface area contributed by atoms with Crippen LogP contribution < -0.4 is 5.32 Å². The van der Waals surface area contributed by atoms with Gasteiger partial charge < -0.3 is 10.3 Å². The minimum atomic E-state index is -4.58. The Morgan fingerprint density at radius 1 is 1.22 bits per heavy atom. The van der Waals surface area contributed by atoms with E-state index in [0.29, 0.717) is 17.5 Å². The fourth-order valence-electron chi connectivity index (χ4n) is 2.56. The number of nitrogens with one attached hydrogen (secondary N) is 2. The Balaban J connectivity index is 1.70. The summed E-state index contributed by atoms with van der Waals surface area (Å²) in [5.41, 5.74) is -0.595. The molecule has 12 heteroatoms. The summed E-state index contributed by atoms with van der Waals surface area (Å²) >= 11 is 1.10. The zero-order valence-corrected chi connectivity index (χ0v) is 14.5. The first-order valence-corrected chi connectivity index (χ1v) is 8.83. The van der Waals surface area contributed by atoms with Crippen LogP contribution in [0.5, 0.6) is 0 Å². The van der Waals surface area contributed by atoms with Gasteiger partial charge in [0.15, 0.2) is 16.6 Å². The molecule has 0 atom stereocenters. The molecule has 0 unspecified atom stereocenters. The standard InChI is InChI=1S/C15H11F4N7S/c1-27-14-24-12-7(15(17,18)19)5-21-26(12)13(25-14)20-6-10-22-9-4-2-3-8(16)11(9)23-10/h2-5H,6H2,1H3,(H,22,23)(H,20,24,25). The normalized spacial score (nSPS) is 12.2. The summed E-state index contributed by atoms with van der Waals surface area (Å²) in [6, 6.07) is 4.52. The molecular weight excluding hydrogens is 386 g/mol. The largest absolute Gasteiger partial charge is 0.421 e. The van der Waals surface area contributed by atoms with Gasteiger partial charge in [0.25, 0.3) is 0 Å². The lowest BCUT2D eigenvalue weighted by molar-refractivity contribution is -0.136. The molecule has 3 heterocycles. The molecular formula is C15H11F4N7S. The number of H-pyrrole nitrogens is 1. The number of alkyl halides is 3. The van der Waals surface area contributed by atoms with Crippen molar-refractivity contribution < 1.29 is 17.6 Å². The third-order valence-corrected chi connectivity index (χ3v) is 4.31. The van der Waals surface area contributed by atoms with Crippen LogP contribution >= 0.6 is 11.8 Å². The van der Waals surface area contributed by atoms with Crippen LogP contribution in [0.25, 0.3) is 16.7 Å². The monoisotopic (exact) mass is 397 g/mol. The topological polar surface area (TPSA) is 83.8 Å². The van der Waals surface area contributed by atoms with E-state index in [1.807, 2.05) is 0 Å². The molecule has 4 aromatic rings. The zero-order chi connectivity index (χ0) is 19.2. The highest BCUT2D eigenvalue weighted by molar-refractivity contribution is 7.98. The van der Waals surface area contributed by atoms with Crippen molar-refractivity contribution in [3.63, 3.8) is 0 Å². The highest BCUT2D eigenvalue weighted by Crippen LogP contribution is 2.32. The van der Waals surface area contributed by atoms with Gasteiger partial charge in [-0.1, -0.05) is 17.8 Å². The summed E-state index contributed by atoms with van der Waals surface area (Å²) in [6.45, 7) is 0.0786. The molecule has 0 spiro atoms. The summed E-state index contributed by atoms with van der Waals surface area (Å²) in [4.78, 5) is 15.1. The number of aromatic nitrogens is 6. The molecule has 0 fully saturated rings. The molecule has 27 heavy (non-hydrogen) atoms. The van der Waals surface area contributed by atoms with E-state index >= 15 is 0 Å². The molecule has 0 bridgehead atoms. The molecule has 0 radical (unpaired) electrons. The number of anilines is 1. The maximum Gasteiger partial charge on any atom is 0.421 e. The number of thioether (sulfide) groups is 1. The first kappa shape index (κ1) is 17.5. The van der Waals surface area contributed by atoms with Gasteiger partial charge in [-0.3, -0.25) is 0 Å². The Bertz CT molecular complexity index is 1130. The average molecular weight is 397 g/mol. The first-order chi connectivity index (χ1) is 12.9. The van der Waals surface area contributed by atoms with Crippen LogP contribution in [-0.4, -0.2) is 35.8 Å². The molecule has 0 saturated carbocycles. The Labute approximate surface area is 153 Å². The van der Waals surface area contributed by atoms with Gasteiger partial charge in [-0.25, -0.2) is 14.4 Å². The summed E-state index contributed by atoms with van der Waals surface area (Å²) in [7, 11) is 0. The van der Waals surface area contributed by atoms with Crippen molar-refractivity contribution in [3.05, 3.63) is 41.6 Å². The highest BCUT2D eigenvalue weighted by Gasteiger charge is 2.36. The maximum atomic E-state index is 13.7. The van der Waals surface area contributed by atoms with E-state index in [-0.39, 0.29) is 28.8 Å². The van der Waals surface area contributed by atoms with Gasteiger partial charge >= 0.3 is 6.18 Å². The van der Waals surface area contributed by atoms with E-state index in [0.717, 1.165) is 16.3 Å². The maximum absolute atomic E-state index is 13.7. The highest BCUT2D eigenvalue weighted by atomic mass is 32.2. The van der Waals surface area contributed by atoms with E-state index < -0.39 is 17.6 Å². The molecule has 0 saturated heterocycles. The predicted molar refractivity (Wildman–Crippen MR) is 90.9 cm³/mol. The van der Waals surface area contributed by atoms with Crippen LogP contribution in [0.1, 0.15) is 11.4 Å². The number of imidazole rings is 1. The van der Waals surface area contributed by atoms with Gasteiger partial charge in [0.1, 0.15) is 16.9 Å². The number of para-hydroxylation sites is 1. The number of halogens is 4. The molecule has 0 aliphatic rings. The van der Waals surface area contributed by atoms with Crippen molar-refractivity contribution in [2.45, 2.75) is 17.9 Å². The van der Waals surface area contributed by atoms with Crippen molar-refractivity contribution in [1.29, 1.82) is 0 Å². The van der Waals surface area contributed by atoms with Crippen LogP contribution in [0.3, 0.4) is 0 Å². The van der Waals surface area contributed by atoms with Crippen LogP contribution in [0.2, 0.25) is 0 Å². The SMILES string of the molecule is CSc1nc(NCc2nc3c(F)cccc3[nH]2)n2ncc(C(F)(F)F)c2n1. The second-order valence-corrected chi connectivity index (χ2v) is 6.27. The van der Waals surface area contributed by atoms with Gasteiger partial charge in [0, 0.05) is 0 Å². The smallest absolute Gasteiger partial charge is 0.347 e. The minimum Gasteiger partial charge on any atom is -0.347 e. The van der Waals surface area contributed by atoms with Gasteiger partial charge in [-0.2, -0.15) is 27.8 Å². The van der Waals surface area contributed by atoms with Crippen molar-refractivity contribution in [3.8, 4) is 0 Å². The first-order valence-electron chi connectivity index (χ1n) is 7.61. The van der Waals surface area contributed by atoms with Crippen LogP contribution in [-0.2, 0) is 12.7 Å². The third kappa shape index (κ3) is 3.16. The van der Waals surface area contributed by atoms with E-state index in [9.17, 15) is 17.6 Å². The number of rotatable bonds is 4. The Kier molecular flexibility index (Phi) is 4.13. The zero-order valence-electron chi connectivity index (χ0n) is 13.7. The van der Waals surface area contributed by atoms with Gasteiger partial charge in [0.05, 0.1) is 18.3 Å². The number of hydrogen-bond acceptors (Lipinski definition) is 6. The fraction of sp³-hybridized carbons (Fsp3) is 0.200. The number of benzene rings is 1. The van der Waals surface area contributed by atoms with E-state index in [2.05, 4.69) is 30.4 Å².